The maximum absolute atomic E-state index is 13.0. The highest BCUT2D eigenvalue weighted by Crippen LogP contribution is 2.33. The molecule has 1 aliphatic rings. The van der Waals surface area contributed by atoms with E-state index in [1.165, 1.54) is 11.8 Å². The first-order valence-corrected chi connectivity index (χ1v) is 11.4. The van der Waals surface area contributed by atoms with Crippen LogP contribution in [0.5, 0.6) is 11.6 Å². The Hall–Kier alpha value is -4.46. The lowest BCUT2D eigenvalue weighted by Gasteiger charge is -2.19. The van der Waals surface area contributed by atoms with Crippen molar-refractivity contribution in [2.24, 2.45) is 0 Å². The first-order valence-electron chi connectivity index (χ1n) is 11.4. The topological polar surface area (TPSA) is 89.5 Å². The number of fused-ring (bicyclic) bond motifs is 1. The lowest BCUT2D eigenvalue weighted by molar-refractivity contribution is 0.0944. The van der Waals surface area contributed by atoms with Gasteiger partial charge in [0.05, 0.1) is 19.3 Å². The number of hydrogen-bond acceptors (Lipinski definition) is 7. The van der Waals surface area contributed by atoms with Gasteiger partial charge >= 0.3 is 0 Å². The molecule has 1 N–H and O–H groups in total. The Bertz CT molecular complexity index is 1330. The number of rotatable bonds is 8. The van der Waals surface area contributed by atoms with E-state index in [9.17, 15) is 4.79 Å². The first-order chi connectivity index (χ1) is 17.2. The van der Waals surface area contributed by atoms with E-state index in [4.69, 9.17) is 9.47 Å². The number of amides is 1. The van der Waals surface area contributed by atoms with E-state index in [-0.39, 0.29) is 30.5 Å². The molecular weight excluding hydrogens is 442 g/mol. The number of carbonyl (C=O) groups is 1. The number of pyridine rings is 1. The average molecular weight is 468 g/mol. The van der Waals surface area contributed by atoms with Gasteiger partial charge < -0.3 is 19.7 Å². The zero-order valence-corrected chi connectivity index (χ0v) is 19.3. The van der Waals surface area contributed by atoms with Crippen molar-refractivity contribution in [3.05, 3.63) is 102 Å². The Morgan fingerprint density at radius 1 is 1.06 bits per heavy atom. The lowest BCUT2D eigenvalue weighted by atomic mass is 10.2. The lowest BCUT2D eigenvalue weighted by Crippen LogP contribution is -2.25. The predicted octanol–water partition coefficient (Wildman–Crippen LogP) is 4.08. The molecule has 5 rings (SSSR count). The highest BCUT2D eigenvalue weighted by atomic mass is 16.5. The normalized spacial score (nSPS) is 12.2. The van der Waals surface area contributed by atoms with Crippen molar-refractivity contribution in [3.8, 4) is 11.6 Å². The molecule has 0 atom stereocenters. The number of carbonyl (C=O) groups excluding carboxylic acids is 1. The molecule has 1 amide bonds. The smallest absolute Gasteiger partial charge is 0.258 e. The maximum atomic E-state index is 13.0. The number of methoxy groups -OCH3 is 1. The van der Waals surface area contributed by atoms with E-state index < -0.39 is 0 Å². The van der Waals surface area contributed by atoms with Gasteiger partial charge in [-0.05, 0) is 47.9 Å². The predicted molar refractivity (Wildman–Crippen MR) is 132 cm³/mol. The van der Waals surface area contributed by atoms with Crippen LogP contribution in [-0.4, -0.2) is 34.5 Å². The fraction of sp³-hybridized carbons (Fsp3) is 0.185. The Morgan fingerprint density at radius 2 is 1.94 bits per heavy atom. The first kappa shape index (κ1) is 22.3. The van der Waals surface area contributed by atoms with E-state index in [1.807, 2.05) is 59.5 Å². The number of benzene rings is 2. The highest BCUT2D eigenvalue weighted by molar-refractivity contribution is 5.96. The zero-order chi connectivity index (χ0) is 24.0. The van der Waals surface area contributed by atoms with Crippen LogP contribution in [0.4, 0.5) is 11.6 Å². The molecule has 0 saturated carbocycles. The number of anilines is 2. The summed E-state index contributed by atoms with van der Waals surface area (Å²) in [5.41, 5.74) is 4.23. The number of nitrogens with zero attached hydrogens (tertiary/aromatic N) is 4. The minimum Gasteiger partial charge on any atom is -0.497 e. The molecule has 0 saturated heterocycles. The Morgan fingerprint density at radius 3 is 2.80 bits per heavy atom. The summed E-state index contributed by atoms with van der Waals surface area (Å²) in [5.74, 6) is 1.12. The van der Waals surface area contributed by atoms with Gasteiger partial charge in [-0.2, -0.15) is 4.98 Å². The third-order valence-electron chi connectivity index (χ3n) is 5.78. The molecule has 1 aliphatic heterocycles. The fourth-order valence-corrected chi connectivity index (χ4v) is 3.98. The van der Waals surface area contributed by atoms with Crippen LogP contribution in [0.3, 0.4) is 0 Å². The van der Waals surface area contributed by atoms with Crippen molar-refractivity contribution in [3.63, 3.8) is 0 Å². The Balaban J connectivity index is 1.41. The zero-order valence-electron chi connectivity index (χ0n) is 19.3. The van der Waals surface area contributed by atoms with Gasteiger partial charge in [0.15, 0.2) is 0 Å². The van der Waals surface area contributed by atoms with Gasteiger partial charge in [0.2, 0.25) is 11.8 Å². The molecule has 0 aliphatic carbocycles. The Labute approximate surface area is 203 Å². The molecule has 0 bridgehead atoms. The van der Waals surface area contributed by atoms with Gasteiger partial charge in [-0.3, -0.25) is 9.78 Å². The van der Waals surface area contributed by atoms with E-state index >= 15 is 0 Å². The van der Waals surface area contributed by atoms with Crippen LogP contribution in [-0.2, 0) is 19.6 Å². The van der Waals surface area contributed by atoms with Gasteiger partial charge in [0, 0.05) is 24.6 Å². The fourth-order valence-electron chi connectivity index (χ4n) is 3.98. The summed E-state index contributed by atoms with van der Waals surface area (Å²) >= 11 is 0. The van der Waals surface area contributed by atoms with Gasteiger partial charge in [0.25, 0.3) is 5.91 Å². The van der Waals surface area contributed by atoms with Crippen LogP contribution >= 0.6 is 0 Å². The summed E-state index contributed by atoms with van der Waals surface area (Å²) in [4.78, 5) is 28.5. The van der Waals surface area contributed by atoms with Crippen molar-refractivity contribution in [2.45, 2.75) is 19.6 Å². The standard InChI is InChI=1S/C27H25N5O3/c1-34-22-10-6-7-19(15-22)18-35-26-23(25(33)29-16-21-9-4-5-13-28-21)17-30-27(31-26)32-14-12-20-8-2-3-11-24(20)32/h2-11,13,15,17H,12,14,16,18H2,1H3,(H,29,33). The van der Waals surface area contributed by atoms with Crippen molar-refractivity contribution in [1.82, 2.24) is 20.3 Å². The van der Waals surface area contributed by atoms with E-state index in [0.717, 1.165) is 35.7 Å². The van der Waals surface area contributed by atoms with Crippen molar-refractivity contribution < 1.29 is 14.3 Å². The monoisotopic (exact) mass is 467 g/mol. The summed E-state index contributed by atoms with van der Waals surface area (Å²) in [6.07, 6.45) is 4.12. The second-order valence-electron chi connectivity index (χ2n) is 8.06. The maximum Gasteiger partial charge on any atom is 0.258 e. The van der Waals surface area contributed by atoms with Crippen LogP contribution < -0.4 is 19.7 Å². The molecule has 0 unspecified atom stereocenters. The van der Waals surface area contributed by atoms with Crippen molar-refractivity contribution in [1.29, 1.82) is 0 Å². The van der Waals surface area contributed by atoms with Crippen LogP contribution in [0.15, 0.2) is 79.1 Å². The van der Waals surface area contributed by atoms with Crippen LogP contribution in [0.2, 0.25) is 0 Å². The van der Waals surface area contributed by atoms with Crippen molar-refractivity contribution in [2.75, 3.05) is 18.6 Å². The average Bonchev–Trinajstić information content (AvgIpc) is 3.35. The van der Waals surface area contributed by atoms with Gasteiger partial charge in [-0.15, -0.1) is 0 Å². The van der Waals surface area contributed by atoms with E-state index in [0.29, 0.717) is 5.95 Å². The highest BCUT2D eigenvalue weighted by Gasteiger charge is 2.24. The molecule has 2 aromatic carbocycles. The third-order valence-corrected chi connectivity index (χ3v) is 5.78. The molecule has 8 heteroatoms. The third kappa shape index (κ3) is 5.06. The molecule has 0 radical (unpaired) electrons. The largest absolute Gasteiger partial charge is 0.497 e. The summed E-state index contributed by atoms with van der Waals surface area (Å²) < 4.78 is 11.4. The molecule has 2 aromatic heterocycles. The Kier molecular flexibility index (Phi) is 6.52. The van der Waals surface area contributed by atoms with E-state index in [2.05, 4.69) is 32.4 Å². The molecule has 0 fully saturated rings. The molecule has 3 heterocycles. The molecule has 176 valence electrons. The summed E-state index contributed by atoms with van der Waals surface area (Å²) in [6, 6.07) is 21.3. The second-order valence-corrected chi connectivity index (χ2v) is 8.06. The number of para-hydroxylation sites is 1. The van der Waals surface area contributed by atoms with Crippen LogP contribution in [0.1, 0.15) is 27.2 Å². The molecule has 35 heavy (non-hydrogen) atoms. The van der Waals surface area contributed by atoms with Gasteiger partial charge in [0.1, 0.15) is 17.9 Å². The molecule has 0 spiro atoms. The summed E-state index contributed by atoms with van der Waals surface area (Å²) in [7, 11) is 1.62. The number of nitrogens with one attached hydrogen (secondary N) is 1. The minimum atomic E-state index is -0.329. The molecule has 4 aromatic rings. The van der Waals surface area contributed by atoms with E-state index in [1.54, 1.807) is 13.3 Å². The number of hydrogen-bond donors (Lipinski definition) is 1. The van der Waals surface area contributed by atoms with Gasteiger partial charge in [-0.1, -0.05) is 36.4 Å². The summed E-state index contributed by atoms with van der Waals surface area (Å²) in [5, 5.41) is 2.88. The van der Waals surface area contributed by atoms with Gasteiger partial charge in [-0.25, -0.2) is 4.98 Å². The van der Waals surface area contributed by atoms with Crippen LogP contribution in [0.25, 0.3) is 0 Å². The van der Waals surface area contributed by atoms with Crippen molar-refractivity contribution >= 4 is 17.5 Å². The number of aromatic nitrogens is 3. The number of ether oxygens (including phenoxy) is 2. The second kappa shape index (κ2) is 10.2. The molecular formula is C27H25N5O3. The SMILES string of the molecule is COc1cccc(COc2nc(N3CCc4ccccc43)ncc2C(=O)NCc2ccccn2)c1. The quantitative estimate of drug-likeness (QED) is 0.418. The summed E-state index contributed by atoms with van der Waals surface area (Å²) in [6.45, 7) is 1.28. The minimum absolute atomic E-state index is 0.223. The molecule has 8 nitrogen and oxygen atoms in total. The van der Waals surface area contributed by atoms with Crippen LogP contribution in [0, 0.1) is 0 Å².